The molecule has 1 aromatic heterocycles. The van der Waals surface area contributed by atoms with Crippen LogP contribution < -0.4 is 0 Å². The lowest BCUT2D eigenvalue weighted by atomic mass is 9.90. The maximum absolute atomic E-state index is 12.2. The summed E-state index contributed by atoms with van der Waals surface area (Å²) in [5, 5.41) is 21.8. The van der Waals surface area contributed by atoms with Gasteiger partial charge in [0.05, 0.1) is 18.5 Å². The number of nitrogens with zero attached hydrogens (tertiary/aromatic N) is 3. The van der Waals surface area contributed by atoms with Gasteiger partial charge in [-0.15, -0.1) is 0 Å². The fraction of sp³-hybridized carbons (Fsp3) is 0.583. The van der Waals surface area contributed by atoms with Crippen LogP contribution in [0.4, 0.5) is 13.2 Å². The van der Waals surface area contributed by atoms with Crippen LogP contribution in [0.15, 0.2) is 10.6 Å². The quantitative estimate of drug-likeness (QED) is 0.845. The summed E-state index contributed by atoms with van der Waals surface area (Å²) in [6.45, 7) is 8.41. The van der Waals surface area contributed by atoms with Crippen molar-refractivity contribution in [3.63, 3.8) is 0 Å². The van der Waals surface area contributed by atoms with Crippen LogP contribution in [0.1, 0.15) is 37.3 Å². The molecule has 5 nitrogen and oxygen atoms in total. The minimum absolute atomic E-state index is 0.132. The number of rotatable bonds is 5. The van der Waals surface area contributed by atoms with Gasteiger partial charge in [0.15, 0.2) is 11.8 Å². The molecule has 0 bridgehead atoms. The zero-order valence-corrected chi connectivity index (χ0v) is 10.6. The van der Waals surface area contributed by atoms with Gasteiger partial charge >= 0.3 is 11.7 Å². The van der Waals surface area contributed by atoms with Crippen LogP contribution in [0.25, 0.3) is 4.85 Å². The molecular weight excluding hydrogens is 275 g/mol. The molecule has 8 heteroatoms. The standard InChI is InChI=1S/C12H12F3N3O2/c1-8(19)10-5-9(18-20-10)6-11(7-16,17-2)3-4-12(13,14)15/h5,8,19H,3-4,6H2,1H3. The van der Waals surface area contributed by atoms with Crippen molar-refractivity contribution >= 4 is 0 Å². The molecule has 2 unspecified atom stereocenters. The molecule has 0 aliphatic rings. The average Bonchev–Trinajstić information content (AvgIpc) is 2.82. The maximum Gasteiger partial charge on any atom is 0.389 e. The number of aromatic nitrogens is 1. The lowest BCUT2D eigenvalue weighted by molar-refractivity contribution is -0.136. The van der Waals surface area contributed by atoms with Crippen molar-refractivity contribution in [3.8, 4) is 6.07 Å². The second-order valence-corrected chi connectivity index (χ2v) is 4.44. The van der Waals surface area contributed by atoms with E-state index < -0.39 is 30.7 Å². The number of hydrogen-bond acceptors (Lipinski definition) is 4. The molecule has 20 heavy (non-hydrogen) atoms. The Morgan fingerprint density at radius 3 is 2.60 bits per heavy atom. The minimum atomic E-state index is -4.43. The molecule has 0 amide bonds. The van der Waals surface area contributed by atoms with Crippen molar-refractivity contribution in [2.24, 2.45) is 0 Å². The predicted octanol–water partition coefficient (Wildman–Crippen LogP) is 2.79. The van der Waals surface area contributed by atoms with Crippen LogP contribution in [0.2, 0.25) is 0 Å². The summed E-state index contributed by atoms with van der Waals surface area (Å²) in [4.78, 5) is 3.04. The molecule has 0 spiro atoms. The van der Waals surface area contributed by atoms with E-state index in [0.717, 1.165) is 0 Å². The largest absolute Gasteiger partial charge is 0.389 e. The van der Waals surface area contributed by atoms with Crippen molar-refractivity contribution in [2.45, 2.75) is 44.0 Å². The first-order valence-electron chi connectivity index (χ1n) is 5.71. The number of halogens is 3. The predicted molar refractivity (Wildman–Crippen MR) is 61.1 cm³/mol. The van der Waals surface area contributed by atoms with E-state index in [1.165, 1.54) is 13.0 Å². The monoisotopic (exact) mass is 287 g/mol. The van der Waals surface area contributed by atoms with E-state index in [-0.39, 0.29) is 17.9 Å². The molecule has 2 atom stereocenters. The van der Waals surface area contributed by atoms with E-state index in [2.05, 4.69) is 10.0 Å². The van der Waals surface area contributed by atoms with Gasteiger partial charge in [-0.3, -0.25) is 4.85 Å². The van der Waals surface area contributed by atoms with Crippen LogP contribution in [0.3, 0.4) is 0 Å². The Hall–Kier alpha value is -2.06. The van der Waals surface area contributed by atoms with Gasteiger partial charge in [-0.25, -0.2) is 6.57 Å². The fourth-order valence-electron chi connectivity index (χ4n) is 1.56. The van der Waals surface area contributed by atoms with Gasteiger partial charge in [0.25, 0.3) is 0 Å². The summed E-state index contributed by atoms with van der Waals surface area (Å²) in [6, 6.07) is 2.96. The SMILES string of the molecule is [C-]#[N+]C(C#N)(CCC(F)(F)F)Cc1cc(C(C)O)on1. The van der Waals surface area contributed by atoms with Crippen LogP contribution in [0.5, 0.6) is 0 Å². The topological polar surface area (TPSA) is 74.4 Å². The molecule has 1 rings (SSSR count). The van der Waals surface area contributed by atoms with Crippen molar-refractivity contribution in [2.75, 3.05) is 0 Å². The molecule has 0 saturated heterocycles. The highest BCUT2D eigenvalue weighted by Gasteiger charge is 2.42. The third kappa shape index (κ3) is 4.25. The lowest BCUT2D eigenvalue weighted by Gasteiger charge is -2.14. The normalized spacial score (nSPS) is 15.9. The summed E-state index contributed by atoms with van der Waals surface area (Å²) in [5.41, 5.74) is -1.66. The van der Waals surface area contributed by atoms with Crippen molar-refractivity contribution in [3.05, 3.63) is 28.9 Å². The molecule has 0 fully saturated rings. The highest BCUT2D eigenvalue weighted by molar-refractivity contribution is 5.22. The van der Waals surface area contributed by atoms with E-state index in [1.807, 2.05) is 0 Å². The van der Waals surface area contributed by atoms with Gasteiger partial charge in [-0.2, -0.15) is 18.4 Å². The fourth-order valence-corrected chi connectivity index (χ4v) is 1.56. The van der Waals surface area contributed by atoms with Gasteiger partial charge in [-0.1, -0.05) is 5.16 Å². The Morgan fingerprint density at radius 2 is 2.20 bits per heavy atom. The average molecular weight is 287 g/mol. The number of hydrogen-bond donors (Lipinski definition) is 1. The van der Waals surface area contributed by atoms with Crippen molar-refractivity contribution < 1.29 is 22.8 Å². The number of alkyl halides is 3. The molecule has 0 radical (unpaired) electrons. The number of aliphatic hydroxyl groups is 1. The van der Waals surface area contributed by atoms with Gasteiger partial charge in [0, 0.05) is 12.5 Å². The second kappa shape index (κ2) is 5.93. The van der Waals surface area contributed by atoms with Crippen LogP contribution in [0, 0.1) is 17.9 Å². The Bertz CT molecular complexity index is 523. The van der Waals surface area contributed by atoms with Gasteiger partial charge in [-0.05, 0) is 6.92 Å². The van der Waals surface area contributed by atoms with E-state index in [1.54, 1.807) is 6.07 Å². The summed E-state index contributed by atoms with van der Waals surface area (Å²) in [6.07, 6.45) is -7.48. The first-order chi connectivity index (χ1) is 9.21. The van der Waals surface area contributed by atoms with Gasteiger partial charge in [0.1, 0.15) is 6.10 Å². The smallest absolute Gasteiger partial charge is 0.385 e. The third-order valence-electron chi connectivity index (χ3n) is 2.71. The Balaban J connectivity index is 2.86. The van der Waals surface area contributed by atoms with E-state index in [4.69, 9.17) is 16.4 Å². The van der Waals surface area contributed by atoms with E-state index in [0.29, 0.717) is 0 Å². The second-order valence-electron chi connectivity index (χ2n) is 4.44. The molecule has 0 aliphatic carbocycles. The van der Waals surface area contributed by atoms with E-state index in [9.17, 15) is 18.3 Å². The van der Waals surface area contributed by atoms with Crippen LogP contribution in [-0.4, -0.2) is 22.0 Å². The first kappa shape index (κ1) is 16.0. The van der Waals surface area contributed by atoms with Crippen molar-refractivity contribution in [1.82, 2.24) is 5.16 Å². The third-order valence-corrected chi connectivity index (χ3v) is 2.71. The highest BCUT2D eigenvalue weighted by Crippen LogP contribution is 2.30. The van der Waals surface area contributed by atoms with E-state index >= 15 is 0 Å². The Labute approximate surface area is 113 Å². The summed E-state index contributed by atoms with van der Waals surface area (Å²) < 4.78 is 41.5. The summed E-state index contributed by atoms with van der Waals surface area (Å²) >= 11 is 0. The molecule has 0 aliphatic heterocycles. The van der Waals surface area contributed by atoms with Crippen molar-refractivity contribution in [1.29, 1.82) is 5.26 Å². The van der Waals surface area contributed by atoms with Crippen LogP contribution >= 0.6 is 0 Å². The molecule has 0 aromatic carbocycles. The molecule has 0 saturated carbocycles. The zero-order valence-electron chi connectivity index (χ0n) is 10.6. The van der Waals surface area contributed by atoms with Crippen LogP contribution in [-0.2, 0) is 6.42 Å². The first-order valence-corrected chi connectivity index (χ1v) is 5.71. The molecule has 1 N–H and O–H groups in total. The summed E-state index contributed by atoms with van der Waals surface area (Å²) in [5.74, 6) is 0.132. The highest BCUT2D eigenvalue weighted by atomic mass is 19.4. The molecule has 1 aromatic rings. The number of nitriles is 1. The van der Waals surface area contributed by atoms with Gasteiger partial charge in [0.2, 0.25) is 0 Å². The van der Waals surface area contributed by atoms with Gasteiger partial charge < -0.3 is 9.63 Å². The lowest BCUT2D eigenvalue weighted by Crippen LogP contribution is -2.28. The number of aliphatic hydroxyl groups excluding tert-OH is 1. The summed E-state index contributed by atoms with van der Waals surface area (Å²) in [7, 11) is 0. The maximum atomic E-state index is 12.2. The Morgan fingerprint density at radius 1 is 1.55 bits per heavy atom. The molecule has 1 heterocycles. The zero-order chi connectivity index (χ0) is 15.4. The molecule has 108 valence electrons. The molecular formula is C12H12F3N3O2. The Kier molecular flexibility index (Phi) is 4.74. The minimum Gasteiger partial charge on any atom is -0.385 e.